The molecule has 1 aromatic rings. The predicted octanol–water partition coefficient (Wildman–Crippen LogP) is 1.15. The van der Waals surface area contributed by atoms with E-state index in [0.29, 0.717) is 36.8 Å². The third-order valence-corrected chi connectivity index (χ3v) is 4.20. The number of hydrogen-bond donors (Lipinski definition) is 1. The second-order valence-electron chi connectivity index (χ2n) is 5.51. The van der Waals surface area contributed by atoms with E-state index in [1.807, 2.05) is 0 Å². The molecule has 0 saturated carbocycles. The Bertz CT molecular complexity index is 612. The first-order valence-electron chi connectivity index (χ1n) is 7.50. The van der Waals surface area contributed by atoms with Gasteiger partial charge in [-0.2, -0.15) is 0 Å². The molecule has 1 aliphatic rings. The number of piperazine rings is 1. The smallest absolute Gasteiger partial charge is 0.253 e. The third kappa shape index (κ3) is 4.22. The molecule has 0 aliphatic carbocycles. The maximum atomic E-state index is 12.4. The molecule has 0 spiro atoms. The summed E-state index contributed by atoms with van der Waals surface area (Å²) in [4.78, 5) is 39.3. The second-order valence-corrected chi connectivity index (χ2v) is 5.91. The van der Waals surface area contributed by atoms with Crippen molar-refractivity contribution in [2.75, 3.05) is 26.2 Å². The van der Waals surface area contributed by atoms with Crippen LogP contribution in [0.1, 0.15) is 24.2 Å². The van der Waals surface area contributed by atoms with Crippen LogP contribution in [-0.2, 0) is 9.59 Å². The lowest BCUT2D eigenvalue weighted by Gasteiger charge is -2.35. The lowest BCUT2D eigenvalue weighted by Crippen LogP contribution is -2.54. The van der Waals surface area contributed by atoms with Crippen LogP contribution in [0, 0.1) is 0 Å². The number of carbonyl (C=O) groups excluding carboxylic acids is 3. The molecule has 23 heavy (non-hydrogen) atoms. The molecule has 124 valence electrons. The SMILES string of the molecule is CC(=O)N1CCN(C(=O)C(C)NC(=O)c2ccccc2Cl)CC1. The number of amides is 3. The number of hydrogen-bond acceptors (Lipinski definition) is 3. The fourth-order valence-electron chi connectivity index (χ4n) is 2.50. The van der Waals surface area contributed by atoms with Crippen molar-refractivity contribution in [1.82, 2.24) is 15.1 Å². The van der Waals surface area contributed by atoms with Crippen LogP contribution in [0.5, 0.6) is 0 Å². The predicted molar refractivity (Wildman–Crippen MR) is 87.2 cm³/mol. The molecular formula is C16H20ClN3O3. The summed E-state index contributed by atoms with van der Waals surface area (Å²) in [6.07, 6.45) is 0. The van der Waals surface area contributed by atoms with E-state index >= 15 is 0 Å². The van der Waals surface area contributed by atoms with E-state index in [4.69, 9.17) is 11.6 Å². The zero-order valence-electron chi connectivity index (χ0n) is 13.2. The van der Waals surface area contributed by atoms with Gasteiger partial charge in [0.15, 0.2) is 0 Å². The van der Waals surface area contributed by atoms with E-state index in [1.165, 1.54) is 6.92 Å². The normalized spacial score (nSPS) is 16.0. The van der Waals surface area contributed by atoms with E-state index in [1.54, 1.807) is 41.0 Å². The molecule has 1 fully saturated rings. The Balaban J connectivity index is 1.92. The third-order valence-electron chi connectivity index (χ3n) is 3.87. The highest BCUT2D eigenvalue weighted by Gasteiger charge is 2.27. The average Bonchev–Trinajstić information content (AvgIpc) is 2.54. The number of nitrogens with zero attached hydrogens (tertiary/aromatic N) is 2. The molecule has 1 atom stereocenters. The van der Waals surface area contributed by atoms with Gasteiger partial charge in [-0.1, -0.05) is 23.7 Å². The summed E-state index contributed by atoms with van der Waals surface area (Å²) < 4.78 is 0. The van der Waals surface area contributed by atoms with E-state index in [2.05, 4.69) is 5.32 Å². The molecule has 1 heterocycles. The van der Waals surface area contributed by atoms with Crippen molar-refractivity contribution in [1.29, 1.82) is 0 Å². The molecule has 1 saturated heterocycles. The quantitative estimate of drug-likeness (QED) is 0.899. The van der Waals surface area contributed by atoms with Crippen molar-refractivity contribution < 1.29 is 14.4 Å². The molecule has 2 rings (SSSR count). The minimum Gasteiger partial charge on any atom is -0.340 e. The zero-order valence-corrected chi connectivity index (χ0v) is 14.0. The molecule has 0 radical (unpaired) electrons. The van der Waals surface area contributed by atoms with Crippen LogP contribution in [0.4, 0.5) is 0 Å². The summed E-state index contributed by atoms with van der Waals surface area (Å²) in [6, 6.07) is 6.05. The van der Waals surface area contributed by atoms with Gasteiger partial charge in [-0.3, -0.25) is 14.4 Å². The number of nitrogens with one attached hydrogen (secondary N) is 1. The van der Waals surface area contributed by atoms with Crippen molar-refractivity contribution in [3.8, 4) is 0 Å². The van der Waals surface area contributed by atoms with E-state index in [0.717, 1.165) is 0 Å². The van der Waals surface area contributed by atoms with Crippen molar-refractivity contribution in [2.24, 2.45) is 0 Å². The number of halogens is 1. The molecule has 6 nitrogen and oxygen atoms in total. The van der Waals surface area contributed by atoms with Gasteiger partial charge in [-0.25, -0.2) is 0 Å². The van der Waals surface area contributed by atoms with Crippen LogP contribution < -0.4 is 5.32 Å². The van der Waals surface area contributed by atoms with E-state index in [-0.39, 0.29) is 17.7 Å². The Labute approximate surface area is 140 Å². The molecule has 1 aromatic carbocycles. The molecule has 0 bridgehead atoms. The average molecular weight is 338 g/mol. The number of carbonyl (C=O) groups is 3. The maximum Gasteiger partial charge on any atom is 0.253 e. The number of rotatable bonds is 3. The Morgan fingerprint density at radius 2 is 1.65 bits per heavy atom. The van der Waals surface area contributed by atoms with Crippen LogP contribution >= 0.6 is 11.6 Å². The fourth-order valence-corrected chi connectivity index (χ4v) is 2.72. The van der Waals surface area contributed by atoms with Gasteiger partial charge in [0.1, 0.15) is 6.04 Å². The lowest BCUT2D eigenvalue weighted by atomic mass is 10.2. The minimum atomic E-state index is -0.650. The van der Waals surface area contributed by atoms with Gasteiger partial charge in [-0.05, 0) is 19.1 Å². The Kier molecular flexibility index (Phi) is 5.60. The van der Waals surface area contributed by atoms with Gasteiger partial charge in [-0.15, -0.1) is 0 Å². The van der Waals surface area contributed by atoms with Crippen molar-refractivity contribution in [2.45, 2.75) is 19.9 Å². The summed E-state index contributed by atoms with van der Waals surface area (Å²) in [7, 11) is 0. The lowest BCUT2D eigenvalue weighted by molar-refractivity contribution is -0.139. The van der Waals surface area contributed by atoms with Crippen molar-refractivity contribution in [3.63, 3.8) is 0 Å². The van der Waals surface area contributed by atoms with Gasteiger partial charge in [0.2, 0.25) is 11.8 Å². The minimum absolute atomic E-state index is 0.0113. The van der Waals surface area contributed by atoms with Crippen LogP contribution in [0.3, 0.4) is 0 Å². The summed E-state index contributed by atoms with van der Waals surface area (Å²) >= 11 is 5.98. The van der Waals surface area contributed by atoms with Gasteiger partial charge in [0.25, 0.3) is 5.91 Å². The van der Waals surface area contributed by atoms with Crippen LogP contribution in [0.25, 0.3) is 0 Å². The van der Waals surface area contributed by atoms with Crippen LogP contribution in [-0.4, -0.2) is 59.7 Å². The first-order chi connectivity index (χ1) is 10.9. The monoisotopic (exact) mass is 337 g/mol. The summed E-state index contributed by atoms with van der Waals surface area (Å²) in [5.41, 5.74) is 0.343. The van der Waals surface area contributed by atoms with Crippen LogP contribution in [0.2, 0.25) is 5.02 Å². The highest BCUT2D eigenvalue weighted by molar-refractivity contribution is 6.33. The molecule has 7 heteroatoms. The van der Waals surface area contributed by atoms with Gasteiger partial charge >= 0.3 is 0 Å². The van der Waals surface area contributed by atoms with Crippen molar-refractivity contribution in [3.05, 3.63) is 34.9 Å². The molecule has 0 aromatic heterocycles. The zero-order chi connectivity index (χ0) is 17.0. The molecule has 1 N–H and O–H groups in total. The number of benzene rings is 1. The van der Waals surface area contributed by atoms with Crippen LogP contribution in [0.15, 0.2) is 24.3 Å². The van der Waals surface area contributed by atoms with Gasteiger partial charge < -0.3 is 15.1 Å². The molecular weight excluding hydrogens is 318 g/mol. The van der Waals surface area contributed by atoms with Gasteiger partial charge in [0.05, 0.1) is 10.6 Å². The molecule has 1 aliphatic heterocycles. The highest BCUT2D eigenvalue weighted by Crippen LogP contribution is 2.15. The first-order valence-corrected chi connectivity index (χ1v) is 7.87. The largest absolute Gasteiger partial charge is 0.340 e. The maximum absolute atomic E-state index is 12.4. The summed E-state index contributed by atoms with van der Waals surface area (Å²) in [5.74, 6) is -0.524. The summed E-state index contributed by atoms with van der Waals surface area (Å²) in [5, 5.41) is 3.02. The highest BCUT2D eigenvalue weighted by atomic mass is 35.5. The summed E-state index contributed by atoms with van der Waals surface area (Å²) in [6.45, 7) is 5.16. The van der Waals surface area contributed by atoms with E-state index < -0.39 is 6.04 Å². The Morgan fingerprint density at radius 1 is 1.09 bits per heavy atom. The fraction of sp³-hybridized carbons (Fsp3) is 0.438. The van der Waals surface area contributed by atoms with E-state index in [9.17, 15) is 14.4 Å². The van der Waals surface area contributed by atoms with Crippen molar-refractivity contribution >= 4 is 29.3 Å². The van der Waals surface area contributed by atoms with Gasteiger partial charge in [0, 0.05) is 33.1 Å². The standard InChI is InChI=1S/C16H20ClN3O3/c1-11(18-15(22)13-5-3-4-6-14(13)17)16(23)20-9-7-19(8-10-20)12(2)21/h3-6,11H,7-10H2,1-2H3,(H,18,22). The molecule has 3 amide bonds. The topological polar surface area (TPSA) is 69.7 Å². The second kappa shape index (κ2) is 7.46. The Morgan fingerprint density at radius 3 is 2.22 bits per heavy atom. The molecule has 1 unspecified atom stereocenters. The Hall–Kier alpha value is -2.08. The first kappa shape index (κ1) is 17.3.